The quantitative estimate of drug-likeness (QED) is 0.368. The molecule has 10 heteroatoms. The summed E-state index contributed by atoms with van der Waals surface area (Å²) in [5, 5.41) is 20.7. The van der Waals surface area contributed by atoms with Crippen LogP contribution in [0.2, 0.25) is 0 Å². The predicted octanol–water partition coefficient (Wildman–Crippen LogP) is 5.51. The van der Waals surface area contributed by atoms with Crippen LogP contribution in [0.4, 0.5) is 5.69 Å². The lowest BCUT2D eigenvalue weighted by Crippen LogP contribution is -2.27. The van der Waals surface area contributed by atoms with Gasteiger partial charge in [-0.3, -0.25) is 14.9 Å². The summed E-state index contributed by atoms with van der Waals surface area (Å²) in [5.41, 5.74) is 7.98. The van der Waals surface area contributed by atoms with Gasteiger partial charge in [0.05, 0.1) is 19.8 Å². The monoisotopic (exact) mass is 573 g/mol. The van der Waals surface area contributed by atoms with Gasteiger partial charge in [0.25, 0.3) is 5.69 Å². The number of carbonyl (C=O) groups excluding carboxylic acids is 1. The number of nitro groups is 1. The number of ether oxygens (including phenoxy) is 2. The molecule has 4 rings (SSSR count). The minimum absolute atomic E-state index is 0.00851. The Labute approximate surface area is 206 Å². The molecule has 0 amide bonds. The van der Waals surface area contributed by atoms with Gasteiger partial charge in [0.1, 0.15) is 29.8 Å². The number of carbonyl (C=O) groups is 1. The molecule has 0 fully saturated rings. The van der Waals surface area contributed by atoms with Gasteiger partial charge in [-0.05, 0) is 61.5 Å². The molecule has 8 nitrogen and oxygen atoms in total. The fourth-order valence-electron chi connectivity index (χ4n) is 3.99. The Morgan fingerprint density at radius 2 is 1.97 bits per heavy atom. The van der Waals surface area contributed by atoms with E-state index in [9.17, 15) is 20.2 Å². The van der Waals surface area contributed by atoms with E-state index >= 15 is 0 Å². The van der Waals surface area contributed by atoms with Crippen LogP contribution in [0, 0.1) is 21.4 Å². The number of allylic oxidation sites excluding steroid dienone is 3. The Morgan fingerprint density at radius 3 is 2.64 bits per heavy atom. The van der Waals surface area contributed by atoms with Crippen LogP contribution in [0.5, 0.6) is 5.75 Å². The van der Waals surface area contributed by atoms with Crippen LogP contribution in [0.15, 0.2) is 68.1 Å². The van der Waals surface area contributed by atoms with Gasteiger partial charge < -0.3 is 15.2 Å². The van der Waals surface area contributed by atoms with Crippen molar-refractivity contribution in [1.29, 1.82) is 5.26 Å². The maximum atomic E-state index is 12.7. The third-order valence-corrected chi connectivity index (χ3v) is 6.64. The summed E-state index contributed by atoms with van der Waals surface area (Å²) in [5.74, 6) is 0.321. The molecule has 1 aliphatic heterocycles. The van der Waals surface area contributed by atoms with E-state index in [0.29, 0.717) is 56.4 Å². The first-order valence-corrected chi connectivity index (χ1v) is 11.6. The minimum atomic E-state index is -0.634. The van der Waals surface area contributed by atoms with Crippen molar-refractivity contribution in [2.24, 2.45) is 5.73 Å². The van der Waals surface area contributed by atoms with E-state index in [0.717, 1.165) is 0 Å². The molecule has 0 bridgehead atoms. The molecule has 1 aliphatic carbocycles. The predicted molar refractivity (Wildman–Crippen MR) is 126 cm³/mol. The summed E-state index contributed by atoms with van der Waals surface area (Å²) >= 11 is 7.02. The van der Waals surface area contributed by atoms with Crippen molar-refractivity contribution in [2.75, 3.05) is 0 Å². The lowest BCUT2D eigenvalue weighted by atomic mass is 9.77. The zero-order valence-corrected chi connectivity index (χ0v) is 20.3. The number of halogens is 2. The molecule has 2 aromatic rings. The molecule has 1 heterocycles. The van der Waals surface area contributed by atoms with Crippen molar-refractivity contribution >= 4 is 43.3 Å². The second kappa shape index (κ2) is 9.37. The van der Waals surface area contributed by atoms with Crippen LogP contribution in [0.3, 0.4) is 0 Å². The summed E-state index contributed by atoms with van der Waals surface area (Å²) < 4.78 is 12.7. The van der Waals surface area contributed by atoms with Crippen molar-refractivity contribution in [3.8, 4) is 11.8 Å². The highest BCUT2D eigenvalue weighted by Crippen LogP contribution is 2.46. The summed E-state index contributed by atoms with van der Waals surface area (Å²) in [6.07, 6.45) is 1.66. The molecule has 168 valence electrons. The summed E-state index contributed by atoms with van der Waals surface area (Å²) in [6, 6.07) is 11.9. The molecule has 2 aromatic carbocycles. The lowest BCUT2D eigenvalue weighted by Gasteiger charge is -2.31. The second-order valence-electron chi connectivity index (χ2n) is 7.57. The molecule has 0 saturated heterocycles. The van der Waals surface area contributed by atoms with Crippen LogP contribution in [-0.4, -0.2) is 10.7 Å². The molecule has 0 spiro atoms. The number of ketones is 1. The Hall–Kier alpha value is -3.16. The van der Waals surface area contributed by atoms with Gasteiger partial charge in [-0.2, -0.15) is 5.26 Å². The molecule has 33 heavy (non-hydrogen) atoms. The first-order valence-electron chi connectivity index (χ1n) is 9.99. The number of hydrogen-bond donors (Lipinski definition) is 1. The summed E-state index contributed by atoms with van der Waals surface area (Å²) in [4.78, 5) is 23.3. The normalized spacial score (nSPS) is 17.8. The van der Waals surface area contributed by atoms with Crippen LogP contribution in [-0.2, 0) is 16.1 Å². The number of nitrogens with two attached hydrogens (primary N) is 1. The van der Waals surface area contributed by atoms with E-state index in [4.69, 9.17) is 15.2 Å². The summed E-state index contributed by atoms with van der Waals surface area (Å²) in [6.45, 7) is 0.111. The fourth-order valence-corrected chi connectivity index (χ4v) is 5.44. The van der Waals surface area contributed by atoms with E-state index < -0.39 is 10.8 Å². The molecule has 1 atom stereocenters. The highest BCUT2D eigenvalue weighted by atomic mass is 79.9. The largest absolute Gasteiger partial charge is 0.487 e. The van der Waals surface area contributed by atoms with Crippen LogP contribution in [0.1, 0.15) is 36.3 Å². The number of nitro benzene ring substituents is 1. The van der Waals surface area contributed by atoms with Crippen LogP contribution in [0.25, 0.3) is 0 Å². The number of non-ortho nitro benzene ring substituents is 1. The smallest absolute Gasteiger partial charge is 0.269 e. The number of nitriles is 1. The Balaban J connectivity index is 1.67. The van der Waals surface area contributed by atoms with E-state index in [2.05, 4.69) is 37.9 Å². The molecule has 0 aromatic heterocycles. The van der Waals surface area contributed by atoms with Crippen molar-refractivity contribution in [2.45, 2.75) is 31.8 Å². The standard InChI is InChI=1S/C23H17Br2N3O5/c24-16-8-13(20-15(10-26)23(27)33-19-6-2-5-18(29)21(19)20)9-17(25)22(16)32-11-12-3-1-4-14(7-12)28(30)31/h1,3-4,7-9,20H,2,5-6,11,27H2/t20-/m0/s1. The topological polar surface area (TPSA) is 128 Å². The van der Waals surface area contributed by atoms with E-state index in [1.165, 1.54) is 12.1 Å². The van der Waals surface area contributed by atoms with Gasteiger partial charge in [0, 0.05) is 30.5 Å². The lowest BCUT2D eigenvalue weighted by molar-refractivity contribution is -0.384. The first kappa shape index (κ1) is 23.0. The SMILES string of the molecule is N#CC1=C(N)OC2=C(C(=O)CCC2)[C@H]1c1cc(Br)c(OCc2cccc([N+](=O)[O-])c2)c(Br)c1. The number of nitrogens with zero attached hydrogens (tertiary/aromatic N) is 2. The van der Waals surface area contributed by atoms with E-state index in [-0.39, 0.29) is 29.5 Å². The molecule has 0 unspecified atom stereocenters. The van der Waals surface area contributed by atoms with E-state index in [1.54, 1.807) is 24.3 Å². The zero-order chi connectivity index (χ0) is 23.7. The third-order valence-electron chi connectivity index (χ3n) is 5.46. The first-order chi connectivity index (χ1) is 15.8. The fraction of sp³-hybridized carbons (Fsp3) is 0.217. The second-order valence-corrected chi connectivity index (χ2v) is 9.28. The summed E-state index contributed by atoms with van der Waals surface area (Å²) in [7, 11) is 0. The van der Waals surface area contributed by atoms with Crippen molar-refractivity contribution in [3.05, 3.63) is 89.4 Å². The maximum Gasteiger partial charge on any atom is 0.269 e. The highest BCUT2D eigenvalue weighted by molar-refractivity contribution is 9.11. The average molecular weight is 575 g/mol. The van der Waals surface area contributed by atoms with E-state index in [1.807, 2.05) is 0 Å². The van der Waals surface area contributed by atoms with Crippen molar-refractivity contribution in [1.82, 2.24) is 0 Å². The molecular weight excluding hydrogens is 558 g/mol. The maximum absolute atomic E-state index is 12.7. The van der Waals surface area contributed by atoms with Crippen LogP contribution >= 0.6 is 31.9 Å². The Kier molecular flexibility index (Phi) is 6.54. The average Bonchev–Trinajstić information content (AvgIpc) is 2.77. The molecular formula is C23H17Br2N3O5. The number of Topliss-reactive ketones (excluding diaryl/α,β-unsaturated/α-hetero) is 1. The number of benzene rings is 2. The Morgan fingerprint density at radius 1 is 1.24 bits per heavy atom. The van der Waals surface area contributed by atoms with Crippen LogP contribution < -0.4 is 10.5 Å². The zero-order valence-electron chi connectivity index (χ0n) is 17.1. The molecule has 0 radical (unpaired) electrons. The molecule has 2 N–H and O–H groups in total. The van der Waals surface area contributed by atoms with Gasteiger partial charge in [-0.1, -0.05) is 12.1 Å². The van der Waals surface area contributed by atoms with Gasteiger partial charge in [0.2, 0.25) is 5.88 Å². The third kappa shape index (κ3) is 4.51. The van der Waals surface area contributed by atoms with Gasteiger partial charge in [0.15, 0.2) is 5.78 Å². The highest BCUT2D eigenvalue weighted by Gasteiger charge is 2.38. The molecule has 2 aliphatic rings. The minimum Gasteiger partial charge on any atom is -0.487 e. The molecule has 0 saturated carbocycles. The van der Waals surface area contributed by atoms with Crippen molar-refractivity contribution in [3.63, 3.8) is 0 Å². The number of hydrogen-bond acceptors (Lipinski definition) is 7. The van der Waals surface area contributed by atoms with Gasteiger partial charge in [-0.25, -0.2) is 0 Å². The Bertz CT molecular complexity index is 1260. The van der Waals surface area contributed by atoms with Gasteiger partial charge in [-0.15, -0.1) is 0 Å². The van der Waals surface area contributed by atoms with Crippen molar-refractivity contribution < 1.29 is 19.2 Å². The van der Waals surface area contributed by atoms with Gasteiger partial charge >= 0.3 is 0 Å². The number of rotatable bonds is 5.